The van der Waals surface area contributed by atoms with E-state index in [-0.39, 0.29) is 36.4 Å². The first-order valence-corrected chi connectivity index (χ1v) is 9.04. The molecule has 1 aromatic rings. The molecule has 1 aliphatic heterocycles. The number of hydrogen-bond donors (Lipinski definition) is 3. The molecule has 1 heterocycles. The fourth-order valence-corrected chi connectivity index (χ4v) is 3.19. The summed E-state index contributed by atoms with van der Waals surface area (Å²) in [4.78, 5) is 38.2. The van der Waals surface area contributed by atoms with E-state index in [1.165, 1.54) is 7.05 Å². The van der Waals surface area contributed by atoms with Gasteiger partial charge in [-0.1, -0.05) is 25.1 Å². The van der Waals surface area contributed by atoms with Crippen molar-refractivity contribution in [1.29, 1.82) is 0 Å². The average Bonchev–Trinajstić information content (AvgIpc) is 2.63. The third kappa shape index (κ3) is 4.53. The fourth-order valence-electron chi connectivity index (χ4n) is 3.19. The van der Waals surface area contributed by atoms with Crippen LogP contribution in [0.1, 0.15) is 45.1 Å². The van der Waals surface area contributed by atoms with Crippen molar-refractivity contribution in [3.8, 4) is 0 Å². The molecule has 4 amide bonds. The highest BCUT2D eigenvalue weighted by atomic mass is 16.2. The molecule has 3 atom stereocenters. The van der Waals surface area contributed by atoms with Crippen molar-refractivity contribution in [2.75, 3.05) is 18.5 Å². The van der Waals surface area contributed by atoms with Crippen LogP contribution in [0.4, 0.5) is 10.5 Å². The normalized spacial score (nSPS) is 19.9. The number of anilines is 1. The van der Waals surface area contributed by atoms with E-state index < -0.39 is 6.03 Å². The molecule has 3 unspecified atom stereocenters. The van der Waals surface area contributed by atoms with Gasteiger partial charge in [0.15, 0.2) is 0 Å². The van der Waals surface area contributed by atoms with Crippen LogP contribution in [0.3, 0.4) is 0 Å². The number of hydrogen-bond acceptors (Lipinski definition) is 4. The van der Waals surface area contributed by atoms with Crippen molar-refractivity contribution >= 4 is 23.5 Å². The van der Waals surface area contributed by atoms with Gasteiger partial charge in [-0.3, -0.25) is 14.9 Å². The summed E-state index contributed by atoms with van der Waals surface area (Å²) in [7, 11) is 1.46. The molecule has 1 aliphatic rings. The predicted octanol–water partition coefficient (Wildman–Crippen LogP) is 1.74. The number of imide groups is 1. The van der Waals surface area contributed by atoms with E-state index in [4.69, 9.17) is 0 Å². The van der Waals surface area contributed by atoms with E-state index in [9.17, 15) is 14.4 Å². The molecule has 0 fully saturated rings. The van der Waals surface area contributed by atoms with Crippen molar-refractivity contribution in [2.45, 2.75) is 51.6 Å². The first kappa shape index (κ1) is 19.8. The van der Waals surface area contributed by atoms with E-state index in [1.54, 1.807) is 0 Å². The van der Waals surface area contributed by atoms with E-state index in [1.807, 2.05) is 49.9 Å². The summed E-state index contributed by atoms with van der Waals surface area (Å²) in [6, 6.07) is 7.24. The zero-order valence-corrected chi connectivity index (χ0v) is 15.8. The average molecular weight is 360 g/mol. The minimum atomic E-state index is -0.529. The van der Waals surface area contributed by atoms with Gasteiger partial charge < -0.3 is 15.5 Å². The smallest absolute Gasteiger partial charge is 0.321 e. The second-order valence-corrected chi connectivity index (χ2v) is 6.77. The van der Waals surface area contributed by atoms with E-state index in [0.29, 0.717) is 6.42 Å². The summed E-state index contributed by atoms with van der Waals surface area (Å²) in [5, 5.41) is 7.71. The van der Waals surface area contributed by atoms with Crippen molar-refractivity contribution < 1.29 is 14.4 Å². The molecule has 7 nitrogen and oxygen atoms in total. The quantitative estimate of drug-likeness (QED) is 0.746. The molecule has 0 aliphatic carbocycles. The van der Waals surface area contributed by atoms with Crippen LogP contribution in [0.25, 0.3) is 0 Å². The number of nitrogens with zero attached hydrogens (tertiary/aromatic N) is 1. The van der Waals surface area contributed by atoms with Crippen LogP contribution in [0, 0.1) is 0 Å². The summed E-state index contributed by atoms with van der Waals surface area (Å²) in [5.74, 6) is -0.602. The number of amides is 4. The second-order valence-electron chi connectivity index (χ2n) is 6.77. The lowest BCUT2D eigenvalue weighted by atomic mass is 9.85. The molecule has 0 aromatic heterocycles. The molecule has 7 heteroatoms. The Balaban J connectivity index is 2.22. The predicted molar refractivity (Wildman–Crippen MR) is 101 cm³/mol. The third-order valence-electron chi connectivity index (χ3n) is 4.84. The van der Waals surface area contributed by atoms with Crippen LogP contribution < -0.4 is 20.9 Å². The number of benzene rings is 1. The summed E-state index contributed by atoms with van der Waals surface area (Å²) in [6.07, 6.45) is 1.49. The summed E-state index contributed by atoms with van der Waals surface area (Å²) >= 11 is 0. The van der Waals surface area contributed by atoms with Gasteiger partial charge in [0.05, 0.1) is 12.5 Å². The number of urea groups is 1. The van der Waals surface area contributed by atoms with Gasteiger partial charge in [0.2, 0.25) is 11.8 Å². The molecule has 2 rings (SSSR count). The van der Waals surface area contributed by atoms with Crippen molar-refractivity contribution in [3.05, 3.63) is 29.8 Å². The number of para-hydroxylation sites is 1. The molecule has 142 valence electrons. The van der Waals surface area contributed by atoms with E-state index in [0.717, 1.165) is 17.7 Å². The van der Waals surface area contributed by atoms with Gasteiger partial charge >= 0.3 is 6.03 Å². The Labute approximate surface area is 154 Å². The molecule has 0 saturated carbocycles. The van der Waals surface area contributed by atoms with Crippen LogP contribution in [-0.2, 0) is 9.59 Å². The van der Waals surface area contributed by atoms with Gasteiger partial charge in [-0.25, -0.2) is 4.79 Å². The van der Waals surface area contributed by atoms with Crippen molar-refractivity contribution in [1.82, 2.24) is 16.0 Å². The van der Waals surface area contributed by atoms with Gasteiger partial charge in [0.1, 0.15) is 0 Å². The number of fused-ring (bicyclic) bond motifs is 1. The van der Waals surface area contributed by atoms with Crippen molar-refractivity contribution in [3.63, 3.8) is 0 Å². The zero-order chi connectivity index (χ0) is 19.3. The number of rotatable bonds is 5. The Morgan fingerprint density at radius 1 is 1.27 bits per heavy atom. The van der Waals surface area contributed by atoms with Gasteiger partial charge in [-0.05, 0) is 38.3 Å². The minimum absolute atomic E-state index is 0.00646. The highest BCUT2D eigenvalue weighted by Gasteiger charge is 2.35. The highest BCUT2D eigenvalue weighted by molar-refractivity contribution is 5.97. The number of carbonyl (C=O) groups is 3. The SMILES string of the molecule is CCC(C)NC(=O)C1CC(C)N(CC(=O)NC(=O)NC)c2ccccc21. The Kier molecular flexibility index (Phi) is 6.60. The maximum absolute atomic E-state index is 12.7. The first-order valence-electron chi connectivity index (χ1n) is 9.04. The molecule has 26 heavy (non-hydrogen) atoms. The molecule has 3 N–H and O–H groups in total. The molecular formula is C19H28N4O3. The molecular weight excluding hydrogens is 332 g/mol. The first-order chi connectivity index (χ1) is 12.4. The number of carbonyl (C=O) groups excluding carboxylic acids is 3. The molecule has 1 aromatic carbocycles. The maximum Gasteiger partial charge on any atom is 0.321 e. The monoisotopic (exact) mass is 360 g/mol. The maximum atomic E-state index is 12.7. The van der Waals surface area contributed by atoms with Gasteiger partial charge in [0.25, 0.3) is 0 Å². The highest BCUT2D eigenvalue weighted by Crippen LogP contribution is 2.38. The Morgan fingerprint density at radius 2 is 1.96 bits per heavy atom. The third-order valence-corrected chi connectivity index (χ3v) is 4.84. The molecule has 0 bridgehead atoms. The topological polar surface area (TPSA) is 90.5 Å². The lowest BCUT2D eigenvalue weighted by molar-refractivity contribution is -0.123. The molecule has 0 spiro atoms. The lowest BCUT2D eigenvalue weighted by Gasteiger charge is -2.40. The fraction of sp³-hybridized carbons (Fsp3) is 0.526. The Morgan fingerprint density at radius 3 is 2.62 bits per heavy atom. The van der Waals surface area contributed by atoms with Gasteiger partial charge in [0, 0.05) is 24.8 Å². The Bertz CT molecular complexity index is 677. The Hall–Kier alpha value is -2.57. The van der Waals surface area contributed by atoms with Crippen LogP contribution in [-0.4, -0.2) is 43.5 Å². The molecule has 0 radical (unpaired) electrons. The lowest BCUT2D eigenvalue weighted by Crippen LogP contribution is -2.49. The minimum Gasteiger partial charge on any atom is -0.359 e. The standard InChI is InChI=1S/C19H28N4O3/c1-5-12(2)21-18(25)15-10-13(3)23(11-17(24)22-19(26)20-4)16-9-7-6-8-14(15)16/h6-9,12-13,15H,5,10-11H2,1-4H3,(H,21,25)(H2,20,22,24,26). The van der Waals surface area contributed by atoms with Crippen LogP contribution >= 0.6 is 0 Å². The van der Waals surface area contributed by atoms with Crippen LogP contribution in [0.15, 0.2) is 24.3 Å². The number of nitrogens with one attached hydrogen (secondary N) is 3. The second kappa shape index (κ2) is 8.69. The van der Waals surface area contributed by atoms with Crippen molar-refractivity contribution in [2.24, 2.45) is 0 Å². The van der Waals surface area contributed by atoms with E-state index >= 15 is 0 Å². The summed E-state index contributed by atoms with van der Waals surface area (Å²) in [6.45, 7) is 6.08. The largest absolute Gasteiger partial charge is 0.359 e. The van der Waals surface area contributed by atoms with Crippen LogP contribution in [0.5, 0.6) is 0 Å². The van der Waals surface area contributed by atoms with Gasteiger partial charge in [-0.15, -0.1) is 0 Å². The van der Waals surface area contributed by atoms with Crippen LogP contribution in [0.2, 0.25) is 0 Å². The van der Waals surface area contributed by atoms with Gasteiger partial charge in [-0.2, -0.15) is 0 Å². The zero-order valence-electron chi connectivity index (χ0n) is 15.8. The van der Waals surface area contributed by atoms with E-state index in [2.05, 4.69) is 16.0 Å². The molecule has 0 saturated heterocycles. The summed E-state index contributed by atoms with van der Waals surface area (Å²) in [5.41, 5.74) is 1.78. The summed E-state index contributed by atoms with van der Waals surface area (Å²) < 4.78 is 0.